The molecule has 0 aromatic carbocycles. The van der Waals surface area contributed by atoms with Crippen LogP contribution in [0.3, 0.4) is 0 Å². The van der Waals surface area contributed by atoms with Crippen molar-refractivity contribution in [3.05, 3.63) is 36.5 Å². The number of allylic oxidation sites excluding steroid dienone is 5. The lowest BCUT2D eigenvalue weighted by atomic mass is 10.0. The first kappa shape index (κ1) is 40.1. The largest absolute Gasteiger partial charge is 0.463 e. The molecule has 1 fully saturated rings. The van der Waals surface area contributed by atoms with Gasteiger partial charge in [0, 0.05) is 12.8 Å². The number of rotatable bonds is 30. The Bertz CT molecular complexity index is 786. The van der Waals surface area contributed by atoms with Crippen LogP contribution in [0.1, 0.15) is 156 Å². The standard InChI is InChI=1S/C38H66O6/c1-4-5-21-27-35-36(44-35)28-23-18-14-10-6-7-11-15-19-24-29-37(40)42-31-34(39)32-43-38(41)30-25-20-16-12-8-9-13-17-22-26-33(2)3/h6,10-11,15,18,23,33-36,39H,4-5,7-9,12-14,16-17,19-22,24-32H2,1-3H3/b10-6-,15-11-,23-18-/t34-,35?,36?/m1/s1. The summed E-state index contributed by atoms with van der Waals surface area (Å²) in [6, 6.07) is 0. The molecule has 1 rings (SSSR count). The number of unbranched alkanes of at least 4 members (excludes halogenated alkanes) is 11. The van der Waals surface area contributed by atoms with Crippen LogP contribution in [0.15, 0.2) is 36.5 Å². The van der Waals surface area contributed by atoms with E-state index in [0.717, 1.165) is 50.9 Å². The third kappa shape index (κ3) is 26.5. The van der Waals surface area contributed by atoms with Crippen molar-refractivity contribution in [2.24, 2.45) is 5.92 Å². The highest BCUT2D eigenvalue weighted by Gasteiger charge is 2.36. The summed E-state index contributed by atoms with van der Waals surface area (Å²) < 4.78 is 16.0. The Kier molecular flexibility index (Phi) is 26.0. The summed E-state index contributed by atoms with van der Waals surface area (Å²) in [6.07, 6.45) is 35.2. The second-order valence-electron chi connectivity index (χ2n) is 12.9. The third-order valence-corrected chi connectivity index (χ3v) is 7.98. The minimum Gasteiger partial charge on any atom is -0.463 e. The van der Waals surface area contributed by atoms with E-state index in [1.54, 1.807) is 0 Å². The molecule has 0 spiro atoms. The van der Waals surface area contributed by atoms with Gasteiger partial charge in [0.2, 0.25) is 0 Å². The van der Waals surface area contributed by atoms with Gasteiger partial charge in [-0.3, -0.25) is 9.59 Å². The molecule has 6 nitrogen and oxygen atoms in total. The number of esters is 2. The highest BCUT2D eigenvalue weighted by molar-refractivity contribution is 5.69. The molecule has 2 unspecified atom stereocenters. The maximum Gasteiger partial charge on any atom is 0.305 e. The Hall–Kier alpha value is -1.92. The predicted octanol–water partition coefficient (Wildman–Crippen LogP) is 9.74. The van der Waals surface area contributed by atoms with Gasteiger partial charge in [0.25, 0.3) is 0 Å². The van der Waals surface area contributed by atoms with E-state index in [4.69, 9.17) is 14.2 Å². The Balaban J connectivity index is 1.88. The number of hydrogen-bond acceptors (Lipinski definition) is 6. The summed E-state index contributed by atoms with van der Waals surface area (Å²) in [5, 5.41) is 9.97. The minimum atomic E-state index is -0.987. The lowest BCUT2D eigenvalue weighted by Crippen LogP contribution is -2.25. The molecule has 0 radical (unpaired) electrons. The zero-order valence-corrected chi connectivity index (χ0v) is 28.5. The molecule has 254 valence electrons. The van der Waals surface area contributed by atoms with Crippen molar-refractivity contribution in [1.82, 2.24) is 0 Å². The van der Waals surface area contributed by atoms with E-state index < -0.39 is 6.10 Å². The van der Waals surface area contributed by atoms with Crippen LogP contribution < -0.4 is 0 Å². The second-order valence-corrected chi connectivity index (χ2v) is 12.9. The van der Waals surface area contributed by atoms with Gasteiger partial charge in [-0.05, 0) is 50.9 Å². The van der Waals surface area contributed by atoms with Gasteiger partial charge in [0.1, 0.15) is 19.3 Å². The number of carbonyl (C=O) groups is 2. The fraction of sp³-hybridized carbons (Fsp3) is 0.789. The van der Waals surface area contributed by atoms with Gasteiger partial charge < -0.3 is 19.3 Å². The SMILES string of the molecule is CCCCCC1OC1C/C=C\C/C=C\C/C=C\CCCC(=O)OC[C@@H](O)COC(=O)CCCCCCCCCCCC(C)C. The van der Waals surface area contributed by atoms with Crippen LogP contribution in [0.4, 0.5) is 0 Å². The van der Waals surface area contributed by atoms with Crippen molar-refractivity contribution >= 4 is 11.9 Å². The Morgan fingerprint density at radius 1 is 0.682 bits per heavy atom. The number of epoxide rings is 1. The minimum absolute atomic E-state index is 0.135. The molecule has 6 heteroatoms. The van der Waals surface area contributed by atoms with E-state index in [1.165, 1.54) is 70.6 Å². The number of hydrogen-bond donors (Lipinski definition) is 1. The van der Waals surface area contributed by atoms with Crippen molar-refractivity contribution in [1.29, 1.82) is 0 Å². The van der Waals surface area contributed by atoms with E-state index >= 15 is 0 Å². The number of carbonyl (C=O) groups excluding carboxylic acids is 2. The van der Waals surface area contributed by atoms with Gasteiger partial charge in [-0.15, -0.1) is 0 Å². The van der Waals surface area contributed by atoms with E-state index in [1.807, 2.05) is 0 Å². The first-order chi connectivity index (χ1) is 21.4. The monoisotopic (exact) mass is 618 g/mol. The summed E-state index contributed by atoms with van der Waals surface area (Å²) in [5.41, 5.74) is 0. The molecule has 1 saturated heterocycles. The topological polar surface area (TPSA) is 85.4 Å². The fourth-order valence-corrected chi connectivity index (χ4v) is 5.12. The molecule has 0 aromatic heterocycles. The Labute approximate surface area is 270 Å². The van der Waals surface area contributed by atoms with Crippen LogP contribution in [0.2, 0.25) is 0 Å². The first-order valence-corrected chi connectivity index (χ1v) is 18.0. The van der Waals surface area contributed by atoms with E-state index in [2.05, 4.69) is 57.2 Å². The van der Waals surface area contributed by atoms with Gasteiger partial charge in [0.05, 0.1) is 12.2 Å². The smallest absolute Gasteiger partial charge is 0.305 e. The second kappa shape index (κ2) is 28.5. The molecule has 1 aliphatic heterocycles. The summed E-state index contributed by atoms with van der Waals surface area (Å²) in [5.74, 6) is 0.178. The average Bonchev–Trinajstić information content (AvgIpc) is 3.76. The van der Waals surface area contributed by atoms with Gasteiger partial charge >= 0.3 is 11.9 Å². The number of aliphatic hydroxyl groups excluding tert-OH is 1. The lowest BCUT2D eigenvalue weighted by molar-refractivity contribution is -0.152. The van der Waals surface area contributed by atoms with Gasteiger partial charge in [0.15, 0.2) is 0 Å². The average molecular weight is 619 g/mol. The fourth-order valence-electron chi connectivity index (χ4n) is 5.12. The first-order valence-electron chi connectivity index (χ1n) is 18.0. The summed E-state index contributed by atoms with van der Waals surface area (Å²) in [4.78, 5) is 23.8. The van der Waals surface area contributed by atoms with Crippen molar-refractivity contribution in [3.8, 4) is 0 Å². The summed E-state index contributed by atoms with van der Waals surface area (Å²) >= 11 is 0. The third-order valence-electron chi connectivity index (χ3n) is 7.98. The molecular weight excluding hydrogens is 552 g/mol. The molecule has 0 aromatic rings. The van der Waals surface area contributed by atoms with Crippen LogP contribution in [-0.4, -0.2) is 48.6 Å². The zero-order chi connectivity index (χ0) is 32.1. The van der Waals surface area contributed by atoms with Gasteiger partial charge in [-0.25, -0.2) is 0 Å². The van der Waals surface area contributed by atoms with E-state index in [0.29, 0.717) is 31.5 Å². The van der Waals surface area contributed by atoms with E-state index in [-0.39, 0.29) is 25.2 Å². The molecule has 1 N–H and O–H groups in total. The molecule has 3 atom stereocenters. The molecule has 44 heavy (non-hydrogen) atoms. The molecule has 1 aliphatic rings. The van der Waals surface area contributed by atoms with E-state index in [9.17, 15) is 14.7 Å². The normalized spacial score (nSPS) is 17.3. The highest BCUT2D eigenvalue weighted by atomic mass is 16.6. The predicted molar refractivity (Wildman–Crippen MR) is 181 cm³/mol. The molecule has 1 heterocycles. The molecular formula is C38H66O6. The van der Waals surface area contributed by atoms with Crippen LogP contribution in [-0.2, 0) is 23.8 Å². The van der Waals surface area contributed by atoms with Gasteiger partial charge in [-0.2, -0.15) is 0 Å². The van der Waals surface area contributed by atoms with Crippen molar-refractivity contribution < 1.29 is 28.9 Å². The number of ether oxygens (including phenoxy) is 3. The maximum absolute atomic E-state index is 11.9. The Morgan fingerprint density at radius 3 is 1.84 bits per heavy atom. The lowest BCUT2D eigenvalue weighted by Gasteiger charge is -2.12. The van der Waals surface area contributed by atoms with Crippen LogP contribution in [0.25, 0.3) is 0 Å². The maximum atomic E-state index is 11.9. The van der Waals surface area contributed by atoms with Crippen LogP contribution in [0.5, 0.6) is 0 Å². The van der Waals surface area contributed by atoms with Crippen LogP contribution in [0, 0.1) is 5.92 Å². The highest BCUT2D eigenvalue weighted by Crippen LogP contribution is 2.30. The molecule has 0 bridgehead atoms. The quantitative estimate of drug-likeness (QED) is 0.0373. The Morgan fingerprint density at radius 2 is 1.23 bits per heavy atom. The summed E-state index contributed by atoms with van der Waals surface area (Å²) in [7, 11) is 0. The van der Waals surface area contributed by atoms with Crippen molar-refractivity contribution in [2.75, 3.05) is 13.2 Å². The summed E-state index contributed by atoms with van der Waals surface area (Å²) in [6.45, 7) is 6.52. The number of aliphatic hydroxyl groups is 1. The molecule has 0 amide bonds. The zero-order valence-electron chi connectivity index (χ0n) is 28.5. The molecule has 0 aliphatic carbocycles. The van der Waals surface area contributed by atoms with Crippen molar-refractivity contribution in [2.45, 2.75) is 174 Å². The van der Waals surface area contributed by atoms with Crippen molar-refractivity contribution in [3.63, 3.8) is 0 Å². The van der Waals surface area contributed by atoms with Gasteiger partial charge in [-0.1, -0.05) is 134 Å². The van der Waals surface area contributed by atoms with Crippen LogP contribution >= 0.6 is 0 Å². The molecule has 0 saturated carbocycles.